The maximum absolute atomic E-state index is 5.88. The number of nitrogen functional groups attached to an aromatic ring is 1. The lowest BCUT2D eigenvalue weighted by Gasteiger charge is -2.35. The van der Waals surface area contributed by atoms with Crippen molar-refractivity contribution >= 4 is 28.3 Å². The van der Waals surface area contributed by atoms with E-state index < -0.39 is 0 Å². The Labute approximate surface area is 158 Å². The van der Waals surface area contributed by atoms with Crippen LogP contribution < -0.4 is 10.5 Å². The van der Waals surface area contributed by atoms with E-state index in [1.54, 1.807) is 0 Å². The van der Waals surface area contributed by atoms with Gasteiger partial charge in [0, 0.05) is 27.9 Å². The first-order chi connectivity index (χ1) is 11.7. The van der Waals surface area contributed by atoms with E-state index in [2.05, 4.69) is 51.8 Å². The fourth-order valence-corrected chi connectivity index (χ4v) is 3.72. The van der Waals surface area contributed by atoms with Gasteiger partial charge in [0.15, 0.2) is 0 Å². The molecule has 0 aliphatic carbocycles. The van der Waals surface area contributed by atoms with Crippen molar-refractivity contribution < 1.29 is 4.74 Å². The molecule has 2 aromatic carbocycles. The molecule has 1 aliphatic heterocycles. The molecule has 0 spiro atoms. The van der Waals surface area contributed by atoms with Gasteiger partial charge in [-0.25, -0.2) is 0 Å². The van der Waals surface area contributed by atoms with Crippen LogP contribution >= 0.6 is 22.6 Å². The number of benzene rings is 2. The predicted octanol–water partition coefficient (Wildman–Crippen LogP) is 4.35. The molecule has 0 amide bonds. The van der Waals surface area contributed by atoms with Gasteiger partial charge in [0.1, 0.15) is 12.4 Å². The first-order valence-corrected chi connectivity index (χ1v) is 9.75. The van der Waals surface area contributed by atoms with E-state index in [0.29, 0.717) is 12.6 Å². The summed E-state index contributed by atoms with van der Waals surface area (Å²) in [5.41, 5.74) is 7.99. The second kappa shape index (κ2) is 8.72. The van der Waals surface area contributed by atoms with Crippen LogP contribution in [0.5, 0.6) is 5.75 Å². The molecule has 2 N–H and O–H groups in total. The van der Waals surface area contributed by atoms with Crippen molar-refractivity contribution in [1.29, 1.82) is 0 Å². The number of rotatable bonds is 6. The minimum Gasteiger partial charge on any atom is -0.492 e. The van der Waals surface area contributed by atoms with Crippen molar-refractivity contribution in [3.05, 3.63) is 57.7 Å². The Morgan fingerprint density at radius 3 is 2.75 bits per heavy atom. The third kappa shape index (κ3) is 5.11. The van der Waals surface area contributed by atoms with Gasteiger partial charge in [-0.3, -0.25) is 4.90 Å². The monoisotopic (exact) mass is 436 g/mol. The van der Waals surface area contributed by atoms with Gasteiger partial charge < -0.3 is 10.5 Å². The number of hydrogen-bond donors (Lipinski definition) is 1. The van der Waals surface area contributed by atoms with Crippen molar-refractivity contribution in [2.45, 2.75) is 31.7 Å². The van der Waals surface area contributed by atoms with Gasteiger partial charge in [0.2, 0.25) is 0 Å². The summed E-state index contributed by atoms with van der Waals surface area (Å²) in [5, 5.41) is 0. The van der Waals surface area contributed by atoms with Crippen LogP contribution in [0.15, 0.2) is 48.5 Å². The van der Waals surface area contributed by atoms with Gasteiger partial charge in [-0.05, 0) is 78.2 Å². The number of likely N-dealkylation sites (tertiary alicyclic amines) is 1. The minimum atomic E-state index is 0.628. The zero-order valence-corrected chi connectivity index (χ0v) is 16.1. The molecular formula is C20H25IN2O. The SMILES string of the molecule is Nc1cccc(OCCN2CCCCC2Cc2ccc(I)cc2)c1. The van der Waals surface area contributed by atoms with Crippen LogP contribution in [0.2, 0.25) is 0 Å². The first kappa shape index (κ1) is 17.5. The molecule has 3 nitrogen and oxygen atoms in total. The van der Waals surface area contributed by atoms with Gasteiger partial charge >= 0.3 is 0 Å². The number of hydrogen-bond acceptors (Lipinski definition) is 3. The molecule has 1 aliphatic rings. The second-order valence-corrected chi connectivity index (χ2v) is 7.68. The summed E-state index contributed by atoms with van der Waals surface area (Å²) in [7, 11) is 0. The number of halogens is 1. The largest absolute Gasteiger partial charge is 0.492 e. The molecule has 1 unspecified atom stereocenters. The fraction of sp³-hybridized carbons (Fsp3) is 0.400. The smallest absolute Gasteiger partial charge is 0.121 e. The Hall–Kier alpha value is -1.27. The van der Waals surface area contributed by atoms with E-state index in [1.807, 2.05) is 24.3 Å². The van der Waals surface area contributed by atoms with Crippen LogP contribution in [-0.2, 0) is 6.42 Å². The molecule has 24 heavy (non-hydrogen) atoms. The molecular weight excluding hydrogens is 411 g/mol. The Balaban J connectivity index is 1.53. The average molecular weight is 436 g/mol. The Morgan fingerprint density at radius 2 is 1.96 bits per heavy atom. The third-order valence-corrected chi connectivity index (χ3v) is 5.36. The van der Waals surface area contributed by atoms with Gasteiger partial charge in [0.05, 0.1) is 0 Å². The highest BCUT2D eigenvalue weighted by molar-refractivity contribution is 14.1. The number of nitrogens with zero attached hydrogens (tertiary/aromatic N) is 1. The van der Waals surface area contributed by atoms with Crippen molar-refractivity contribution in [3.8, 4) is 5.75 Å². The molecule has 0 saturated carbocycles. The third-order valence-electron chi connectivity index (χ3n) is 4.64. The molecule has 0 radical (unpaired) electrons. The molecule has 1 atom stereocenters. The van der Waals surface area contributed by atoms with Crippen LogP contribution in [0.1, 0.15) is 24.8 Å². The highest BCUT2D eigenvalue weighted by Gasteiger charge is 2.22. The maximum atomic E-state index is 5.88. The number of nitrogens with two attached hydrogens (primary N) is 1. The number of anilines is 1. The number of ether oxygens (including phenoxy) is 1. The normalized spacial score (nSPS) is 18.5. The molecule has 0 aromatic heterocycles. The van der Waals surface area contributed by atoms with Crippen LogP contribution in [0.3, 0.4) is 0 Å². The highest BCUT2D eigenvalue weighted by Crippen LogP contribution is 2.21. The zero-order chi connectivity index (χ0) is 16.8. The molecule has 0 bridgehead atoms. The van der Waals surface area contributed by atoms with Crippen LogP contribution in [0.4, 0.5) is 5.69 Å². The van der Waals surface area contributed by atoms with Crippen molar-refractivity contribution in [1.82, 2.24) is 4.90 Å². The topological polar surface area (TPSA) is 38.5 Å². The second-order valence-electron chi connectivity index (χ2n) is 6.44. The predicted molar refractivity (Wildman–Crippen MR) is 108 cm³/mol. The Bertz CT molecular complexity index is 644. The van der Waals surface area contributed by atoms with E-state index in [-0.39, 0.29) is 0 Å². The van der Waals surface area contributed by atoms with Gasteiger partial charge in [-0.15, -0.1) is 0 Å². The maximum Gasteiger partial charge on any atom is 0.121 e. The van der Waals surface area contributed by atoms with E-state index >= 15 is 0 Å². The van der Waals surface area contributed by atoms with E-state index in [4.69, 9.17) is 10.5 Å². The lowest BCUT2D eigenvalue weighted by Crippen LogP contribution is -2.43. The standard InChI is InChI=1S/C20H25IN2O/c21-17-9-7-16(8-10-17)14-19-5-1-2-11-23(19)12-13-24-20-6-3-4-18(22)15-20/h3-4,6-10,15,19H,1-2,5,11-14,22H2. The molecule has 128 valence electrons. The summed E-state index contributed by atoms with van der Waals surface area (Å²) in [6.45, 7) is 2.87. The van der Waals surface area contributed by atoms with Gasteiger partial charge in [-0.1, -0.05) is 24.6 Å². The van der Waals surface area contributed by atoms with E-state index in [1.165, 1.54) is 34.9 Å². The minimum absolute atomic E-state index is 0.628. The molecule has 1 heterocycles. The lowest BCUT2D eigenvalue weighted by molar-refractivity contribution is 0.122. The van der Waals surface area contributed by atoms with Crippen LogP contribution in [0, 0.1) is 3.57 Å². The average Bonchev–Trinajstić information content (AvgIpc) is 2.58. The molecule has 3 rings (SSSR count). The first-order valence-electron chi connectivity index (χ1n) is 8.67. The Kier molecular flexibility index (Phi) is 6.37. The quantitative estimate of drug-likeness (QED) is 0.541. The summed E-state index contributed by atoms with van der Waals surface area (Å²) in [4.78, 5) is 2.59. The summed E-state index contributed by atoms with van der Waals surface area (Å²) in [6.07, 6.45) is 5.04. The summed E-state index contributed by atoms with van der Waals surface area (Å²) in [5.74, 6) is 0.862. The van der Waals surface area contributed by atoms with Crippen molar-refractivity contribution in [2.24, 2.45) is 0 Å². The molecule has 1 saturated heterocycles. The van der Waals surface area contributed by atoms with Crippen LogP contribution in [-0.4, -0.2) is 30.6 Å². The van der Waals surface area contributed by atoms with Gasteiger partial charge in [-0.2, -0.15) is 0 Å². The lowest BCUT2D eigenvalue weighted by atomic mass is 9.96. The Morgan fingerprint density at radius 1 is 1.12 bits per heavy atom. The zero-order valence-electron chi connectivity index (χ0n) is 14.0. The molecule has 4 heteroatoms. The summed E-state index contributed by atoms with van der Waals surface area (Å²) in [6, 6.07) is 17.2. The summed E-state index contributed by atoms with van der Waals surface area (Å²) >= 11 is 2.36. The molecule has 1 fully saturated rings. The van der Waals surface area contributed by atoms with Crippen molar-refractivity contribution in [3.63, 3.8) is 0 Å². The van der Waals surface area contributed by atoms with E-state index in [9.17, 15) is 0 Å². The molecule has 2 aromatic rings. The fourth-order valence-electron chi connectivity index (χ4n) is 3.36. The van der Waals surface area contributed by atoms with E-state index in [0.717, 1.165) is 24.4 Å². The highest BCUT2D eigenvalue weighted by atomic mass is 127. The van der Waals surface area contributed by atoms with Crippen molar-refractivity contribution in [2.75, 3.05) is 25.4 Å². The van der Waals surface area contributed by atoms with Gasteiger partial charge in [0.25, 0.3) is 0 Å². The summed E-state index contributed by atoms with van der Waals surface area (Å²) < 4.78 is 7.18. The van der Waals surface area contributed by atoms with Crippen LogP contribution in [0.25, 0.3) is 0 Å². The number of piperidine rings is 1.